The van der Waals surface area contributed by atoms with Crippen LogP contribution in [-0.4, -0.2) is 21.8 Å². The van der Waals surface area contributed by atoms with E-state index in [0.717, 1.165) is 22.8 Å². The summed E-state index contributed by atoms with van der Waals surface area (Å²) in [7, 11) is 0. The molecule has 0 unspecified atom stereocenters. The van der Waals surface area contributed by atoms with Crippen molar-refractivity contribution in [2.45, 2.75) is 11.3 Å². The lowest BCUT2D eigenvalue weighted by molar-refractivity contribution is 0.0696. The summed E-state index contributed by atoms with van der Waals surface area (Å²) in [5.41, 5.74) is 1.13. The van der Waals surface area contributed by atoms with Crippen molar-refractivity contribution in [1.82, 2.24) is 4.98 Å². The summed E-state index contributed by atoms with van der Waals surface area (Å²) in [5.74, 6) is 0.0583. The number of carbonyl (C=O) groups is 1. The van der Waals surface area contributed by atoms with Crippen molar-refractivity contribution in [2.24, 2.45) is 0 Å². The van der Waals surface area contributed by atoms with Crippen molar-refractivity contribution in [3.8, 4) is 0 Å². The molecule has 0 fully saturated rings. The topological polar surface area (TPSA) is 50.2 Å². The summed E-state index contributed by atoms with van der Waals surface area (Å²) >= 11 is 1.65. The second-order valence-electron chi connectivity index (χ2n) is 2.95. The summed E-state index contributed by atoms with van der Waals surface area (Å²) in [4.78, 5) is 15.8. The second-order valence-corrected chi connectivity index (χ2v) is 4.09. The summed E-state index contributed by atoms with van der Waals surface area (Å²) < 4.78 is 0. The number of thioether (sulfide) groups is 1. The number of pyridine rings is 1. The van der Waals surface area contributed by atoms with E-state index in [2.05, 4.69) is 11.1 Å². The van der Waals surface area contributed by atoms with Gasteiger partial charge in [-0.05, 0) is 18.6 Å². The number of carboxylic acids is 1. The van der Waals surface area contributed by atoms with E-state index < -0.39 is 5.97 Å². The van der Waals surface area contributed by atoms with Gasteiger partial charge in [0.25, 0.3) is 0 Å². The Hall–Kier alpha value is -1.29. The number of fused-ring (bicyclic) bond motifs is 1. The first-order valence-corrected chi connectivity index (χ1v) is 5.28. The van der Waals surface area contributed by atoms with Crippen molar-refractivity contribution in [2.75, 3.05) is 5.75 Å². The predicted molar refractivity (Wildman–Crippen MR) is 55.6 cm³/mol. The molecule has 0 saturated carbocycles. The van der Waals surface area contributed by atoms with E-state index in [1.54, 1.807) is 17.8 Å². The maximum absolute atomic E-state index is 10.7. The van der Waals surface area contributed by atoms with Crippen LogP contribution in [0.3, 0.4) is 0 Å². The van der Waals surface area contributed by atoms with Crippen LogP contribution >= 0.6 is 11.8 Å². The summed E-state index contributed by atoms with van der Waals surface area (Å²) in [5, 5.41) is 8.79. The number of hydrogen-bond donors (Lipinski definition) is 1. The van der Waals surface area contributed by atoms with E-state index >= 15 is 0 Å². The highest BCUT2D eigenvalue weighted by Crippen LogP contribution is 2.27. The van der Waals surface area contributed by atoms with Gasteiger partial charge in [-0.15, -0.1) is 11.8 Å². The fourth-order valence-electron chi connectivity index (χ4n) is 1.24. The normalized spacial score (nSPS) is 14.6. The average molecular weight is 207 g/mol. The lowest BCUT2D eigenvalue weighted by Crippen LogP contribution is -1.98. The molecule has 1 aromatic heterocycles. The van der Waals surface area contributed by atoms with Crippen molar-refractivity contribution in [1.29, 1.82) is 0 Å². The Morgan fingerprint density at radius 3 is 3.21 bits per heavy atom. The first kappa shape index (κ1) is 9.27. The smallest absolute Gasteiger partial charge is 0.337 e. The molecule has 2 heterocycles. The van der Waals surface area contributed by atoms with Crippen molar-refractivity contribution in [3.05, 3.63) is 29.6 Å². The molecular formula is C10H9NO2S. The molecule has 0 radical (unpaired) electrons. The number of nitrogens with zero attached hydrogens (tertiary/aromatic N) is 1. The minimum absolute atomic E-state index is 0.256. The summed E-state index contributed by atoms with van der Waals surface area (Å²) in [6.45, 7) is 0. The molecule has 4 heteroatoms. The third kappa shape index (κ3) is 1.80. The average Bonchev–Trinajstić information content (AvgIpc) is 2.41. The zero-order valence-electron chi connectivity index (χ0n) is 7.43. The zero-order valence-corrected chi connectivity index (χ0v) is 8.25. The molecule has 0 aliphatic carbocycles. The van der Waals surface area contributed by atoms with Gasteiger partial charge in [-0.25, -0.2) is 4.79 Å². The Morgan fingerprint density at radius 1 is 1.57 bits per heavy atom. The van der Waals surface area contributed by atoms with Crippen LogP contribution in [0.15, 0.2) is 23.2 Å². The number of aromatic nitrogens is 1. The van der Waals surface area contributed by atoms with Crippen LogP contribution in [0.25, 0.3) is 6.08 Å². The van der Waals surface area contributed by atoms with Crippen molar-refractivity contribution >= 4 is 23.8 Å². The van der Waals surface area contributed by atoms with E-state index in [1.807, 2.05) is 6.08 Å². The fourth-order valence-corrected chi connectivity index (χ4v) is 2.20. The van der Waals surface area contributed by atoms with Crippen LogP contribution in [0, 0.1) is 0 Å². The maximum atomic E-state index is 10.7. The Morgan fingerprint density at radius 2 is 2.43 bits per heavy atom. The lowest BCUT2D eigenvalue weighted by atomic mass is 10.2. The quantitative estimate of drug-likeness (QED) is 0.767. The van der Waals surface area contributed by atoms with Gasteiger partial charge >= 0.3 is 5.97 Å². The van der Waals surface area contributed by atoms with Crippen molar-refractivity contribution < 1.29 is 9.90 Å². The van der Waals surface area contributed by atoms with Crippen LogP contribution < -0.4 is 0 Å². The molecule has 1 aromatic rings. The fraction of sp³-hybridized carbons (Fsp3) is 0.200. The number of hydrogen-bond acceptors (Lipinski definition) is 3. The summed E-state index contributed by atoms with van der Waals surface area (Å²) in [6, 6.07) is 1.69. The van der Waals surface area contributed by atoms with E-state index in [0.29, 0.717) is 0 Å². The van der Waals surface area contributed by atoms with E-state index in [9.17, 15) is 4.79 Å². The maximum Gasteiger partial charge on any atom is 0.337 e. The Labute approximate surface area is 85.9 Å². The molecule has 2 rings (SSSR count). The van der Waals surface area contributed by atoms with Gasteiger partial charge in [-0.2, -0.15) is 0 Å². The SMILES string of the molecule is O=C(O)c1cnc2c(c1)SCCC=C2. The molecule has 0 bridgehead atoms. The molecule has 1 N–H and O–H groups in total. The lowest BCUT2D eigenvalue weighted by Gasteiger charge is -2.02. The van der Waals surface area contributed by atoms with Gasteiger partial charge in [0.15, 0.2) is 0 Å². The molecule has 0 amide bonds. The minimum Gasteiger partial charge on any atom is -0.478 e. The molecule has 1 aliphatic heterocycles. The highest BCUT2D eigenvalue weighted by Gasteiger charge is 2.09. The summed E-state index contributed by atoms with van der Waals surface area (Å²) in [6.07, 6.45) is 6.41. The first-order chi connectivity index (χ1) is 6.77. The van der Waals surface area contributed by atoms with Gasteiger partial charge in [0.2, 0.25) is 0 Å². The van der Waals surface area contributed by atoms with Gasteiger partial charge in [0, 0.05) is 16.8 Å². The Bertz CT molecular complexity index is 401. The van der Waals surface area contributed by atoms with Crippen LogP contribution in [0.5, 0.6) is 0 Å². The molecule has 14 heavy (non-hydrogen) atoms. The predicted octanol–water partition coefficient (Wildman–Crippen LogP) is 2.29. The molecule has 1 aliphatic rings. The second kappa shape index (κ2) is 3.84. The Balaban J connectivity index is 2.44. The zero-order chi connectivity index (χ0) is 9.97. The van der Waals surface area contributed by atoms with E-state index in [1.165, 1.54) is 6.20 Å². The van der Waals surface area contributed by atoms with Gasteiger partial charge in [0.1, 0.15) is 0 Å². The number of rotatable bonds is 1. The monoisotopic (exact) mass is 207 g/mol. The standard InChI is InChI=1S/C10H9NO2S/c12-10(13)7-5-9-8(11-6-7)3-1-2-4-14-9/h1,3,5-6H,2,4H2,(H,12,13). The highest BCUT2D eigenvalue weighted by molar-refractivity contribution is 7.99. The molecule has 3 nitrogen and oxygen atoms in total. The minimum atomic E-state index is -0.922. The third-order valence-electron chi connectivity index (χ3n) is 1.95. The van der Waals surface area contributed by atoms with Crippen LogP contribution in [0.4, 0.5) is 0 Å². The molecule has 72 valence electrons. The highest BCUT2D eigenvalue weighted by atomic mass is 32.2. The van der Waals surface area contributed by atoms with Gasteiger partial charge in [0.05, 0.1) is 11.3 Å². The van der Waals surface area contributed by atoms with Crippen LogP contribution in [0.1, 0.15) is 22.5 Å². The first-order valence-electron chi connectivity index (χ1n) is 4.30. The molecule has 0 saturated heterocycles. The van der Waals surface area contributed by atoms with Crippen molar-refractivity contribution in [3.63, 3.8) is 0 Å². The number of aromatic carboxylic acids is 1. The Kier molecular flexibility index (Phi) is 2.54. The molecule has 0 spiro atoms. The van der Waals surface area contributed by atoms with Gasteiger partial charge in [-0.1, -0.05) is 6.08 Å². The number of allylic oxidation sites excluding steroid dienone is 1. The molecule has 0 atom stereocenters. The van der Waals surface area contributed by atoms with Gasteiger partial charge in [-0.3, -0.25) is 4.98 Å². The molecule has 0 aromatic carbocycles. The van der Waals surface area contributed by atoms with Crippen LogP contribution in [-0.2, 0) is 0 Å². The largest absolute Gasteiger partial charge is 0.478 e. The van der Waals surface area contributed by atoms with E-state index in [4.69, 9.17) is 5.11 Å². The molecular weight excluding hydrogens is 198 g/mol. The number of carboxylic acid groups (broad SMARTS) is 1. The van der Waals surface area contributed by atoms with E-state index in [-0.39, 0.29) is 5.56 Å². The third-order valence-corrected chi connectivity index (χ3v) is 3.02. The van der Waals surface area contributed by atoms with Gasteiger partial charge < -0.3 is 5.11 Å². The van der Waals surface area contributed by atoms with Crippen LogP contribution in [0.2, 0.25) is 0 Å².